The quantitative estimate of drug-likeness (QED) is 0.658. The minimum atomic E-state index is -0.329. The second-order valence-corrected chi connectivity index (χ2v) is 7.02. The minimum Gasteiger partial charge on any atom is -0.504 e. The maximum atomic E-state index is 12.9. The average molecular weight is 383 g/mol. The first-order valence-electron chi connectivity index (χ1n) is 9.45. The van der Waals surface area contributed by atoms with E-state index in [0.717, 1.165) is 50.3 Å². The van der Waals surface area contributed by atoms with Gasteiger partial charge in [-0.05, 0) is 49.4 Å². The number of phenolic OH excluding ortho intramolecular Hbond substituents is 1. The molecule has 1 N–H and O–H groups in total. The van der Waals surface area contributed by atoms with Gasteiger partial charge in [0.15, 0.2) is 17.4 Å². The third kappa shape index (κ3) is 3.84. The Morgan fingerprint density at radius 2 is 1.86 bits per heavy atom. The van der Waals surface area contributed by atoms with E-state index < -0.39 is 0 Å². The van der Waals surface area contributed by atoms with Crippen LogP contribution in [0.2, 0.25) is 0 Å². The van der Waals surface area contributed by atoms with Crippen molar-refractivity contribution >= 4 is 22.6 Å². The molecule has 1 aromatic heterocycles. The Morgan fingerprint density at radius 1 is 1.11 bits per heavy atom. The number of nitrogens with zero attached hydrogens (tertiary/aromatic N) is 3. The van der Waals surface area contributed by atoms with Gasteiger partial charge in [0.05, 0.1) is 5.39 Å². The van der Waals surface area contributed by atoms with Gasteiger partial charge in [-0.1, -0.05) is 11.2 Å². The third-order valence-corrected chi connectivity index (χ3v) is 5.17. The molecule has 6 nitrogen and oxygen atoms in total. The largest absolute Gasteiger partial charge is 0.504 e. The molecule has 0 aliphatic carbocycles. The van der Waals surface area contributed by atoms with E-state index in [0.29, 0.717) is 17.6 Å². The number of ketones is 1. The topological polar surface area (TPSA) is 69.8 Å². The lowest BCUT2D eigenvalue weighted by atomic mass is 10.1. The number of aromatic hydroxyl groups is 1. The third-order valence-electron chi connectivity index (χ3n) is 5.17. The van der Waals surface area contributed by atoms with E-state index in [4.69, 9.17) is 4.52 Å². The van der Waals surface area contributed by atoms with Crippen molar-refractivity contribution in [2.45, 2.75) is 12.8 Å². The lowest BCUT2D eigenvalue weighted by Crippen LogP contribution is -2.46. The van der Waals surface area contributed by atoms with Crippen molar-refractivity contribution in [3.63, 3.8) is 0 Å². The van der Waals surface area contributed by atoms with Crippen molar-refractivity contribution in [2.75, 3.05) is 37.6 Å². The Kier molecular flexibility index (Phi) is 5.25. The number of halogens is 1. The molecule has 1 saturated heterocycles. The molecule has 3 aromatic rings. The number of benzene rings is 2. The first-order chi connectivity index (χ1) is 13.6. The molecule has 1 fully saturated rings. The number of phenols is 1. The monoisotopic (exact) mass is 383 g/mol. The van der Waals surface area contributed by atoms with Crippen molar-refractivity contribution in [3.05, 3.63) is 53.8 Å². The average Bonchev–Trinajstić information content (AvgIpc) is 3.14. The van der Waals surface area contributed by atoms with Gasteiger partial charge in [0.25, 0.3) is 0 Å². The zero-order chi connectivity index (χ0) is 19.5. The Morgan fingerprint density at radius 3 is 2.61 bits per heavy atom. The van der Waals surface area contributed by atoms with Crippen LogP contribution >= 0.6 is 0 Å². The van der Waals surface area contributed by atoms with E-state index in [-0.39, 0.29) is 17.3 Å². The fourth-order valence-electron chi connectivity index (χ4n) is 3.59. The highest BCUT2D eigenvalue weighted by Gasteiger charge is 2.22. The van der Waals surface area contributed by atoms with Gasteiger partial charge in [-0.25, -0.2) is 4.39 Å². The number of para-hydroxylation sites is 1. The van der Waals surface area contributed by atoms with Crippen LogP contribution in [0, 0.1) is 5.82 Å². The van der Waals surface area contributed by atoms with Gasteiger partial charge < -0.3 is 14.5 Å². The molecule has 2 aromatic carbocycles. The Labute approximate surface area is 162 Å². The molecule has 4 rings (SSSR count). The van der Waals surface area contributed by atoms with E-state index in [1.807, 2.05) is 6.07 Å². The zero-order valence-corrected chi connectivity index (χ0v) is 15.5. The van der Waals surface area contributed by atoms with Crippen molar-refractivity contribution in [2.24, 2.45) is 0 Å². The summed E-state index contributed by atoms with van der Waals surface area (Å²) in [5.41, 5.74) is 0.978. The molecule has 28 heavy (non-hydrogen) atoms. The van der Waals surface area contributed by atoms with Crippen LogP contribution in [-0.4, -0.2) is 53.7 Å². The molecule has 1 aliphatic rings. The van der Waals surface area contributed by atoms with Crippen LogP contribution in [-0.2, 0) is 0 Å². The Balaban J connectivity index is 1.27. The van der Waals surface area contributed by atoms with Crippen molar-refractivity contribution < 1.29 is 18.8 Å². The molecule has 7 heteroatoms. The van der Waals surface area contributed by atoms with Crippen molar-refractivity contribution in [3.8, 4) is 5.75 Å². The standard InChI is InChI=1S/C21H22FN3O3/c22-16-8-6-15(7-9-16)18(26)5-2-10-24-11-13-25(14-12-24)21-17-3-1-4-19(27)20(17)28-23-21/h1,3-4,6-9,27H,2,5,10-14H2. The number of aromatic nitrogens is 1. The minimum absolute atomic E-state index is 0.0486. The summed E-state index contributed by atoms with van der Waals surface area (Å²) in [5, 5.41) is 14.8. The van der Waals surface area contributed by atoms with E-state index in [9.17, 15) is 14.3 Å². The number of Topliss-reactive ketones (excluding diaryl/α,β-unsaturated/α-hetero) is 1. The molecule has 0 spiro atoms. The summed E-state index contributed by atoms with van der Waals surface area (Å²) in [6.45, 7) is 4.21. The van der Waals surface area contributed by atoms with Gasteiger partial charge in [0.1, 0.15) is 5.82 Å². The second kappa shape index (κ2) is 7.98. The molecular formula is C21H22FN3O3. The maximum Gasteiger partial charge on any atom is 0.210 e. The maximum absolute atomic E-state index is 12.9. The summed E-state index contributed by atoms with van der Waals surface area (Å²) < 4.78 is 18.2. The summed E-state index contributed by atoms with van der Waals surface area (Å²) in [4.78, 5) is 16.7. The molecule has 0 unspecified atom stereocenters. The van der Waals surface area contributed by atoms with Gasteiger partial charge >= 0.3 is 0 Å². The lowest BCUT2D eigenvalue weighted by molar-refractivity contribution is 0.0974. The van der Waals surface area contributed by atoms with Gasteiger partial charge in [-0.15, -0.1) is 0 Å². The number of carbonyl (C=O) groups is 1. The number of anilines is 1. The summed E-state index contributed by atoms with van der Waals surface area (Å²) in [6, 6.07) is 11.0. The summed E-state index contributed by atoms with van der Waals surface area (Å²) in [7, 11) is 0. The number of rotatable bonds is 6. The van der Waals surface area contributed by atoms with Crippen molar-refractivity contribution in [1.82, 2.24) is 10.1 Å². The number of hydrogen-bond acceptors (Lipinski definition) is 6. The predicted octanol–water partition coefficient (Wildman–Crippen LogP) is 3.46. The van der Waals surface area contributed by atoms with Crippen LogP contribution < -0.4 is 4.90 Å². The van der Waals surface area contributed by atoms with E-state index in [2.05, 4.69) is 15.0 Å². The zero-order valence-electron chi connectivity index (χ0n) is 15.5. The molecule has 0 radical (unpaired) electrons. The molecule has 0 amide bonds. The van der Waals surface area contributed by atoms with Crippen LogP contribution in [0.5, 0.6) is 5.75 Å². The van der Waals surface area contributed by atoms with Gasteiger partial charge in [-0.3, -0.25) is 9.69 Å². The lowest BCUT2D eigenvalue weighted by Gasteiger charge is -2.34. The summed E-state index contributed by atoms with van der Waals surface area (Å²) in [5.74, 6) is 0.578. The SMILES string of the molecule is O=C(CCCN1CCN(c2noc3c(O)cccc23)CC1)c1ccc(F)cc1. The molecule has 0 saturated carbocycles. The molecule has 0 bridgehead atoms. The second-order valence-electron chi connectivity index (χ2n) is 7.02. The van der Waals surface area contributed by atoms with Gasteiger partial charge in [0, 0.05) is 38.2 Å². The van der Waals surface area contributed by atoms with Crippen LogP contribution in [0.15, 0.2) is 47.0 Å². The fourth-order valence-corrected chi connectivity index (χ4v) is 3.59. The Hall–Kier alpha value is -2.93. The number of carbonyl (C=O) groups excluding carboxylic acids is 1. The fraction of sp³-hybridized carbons (Fsp3) is 0.333. The highest BCUT2D eigenvalue weighted by molar-refractivity contribution is 5.96. The summed E-state index contributed by atoms with van der Waals surface area (Å²) >= 11 is 0. The smallest absolute Gasteiger partial charge is 0.210 e. The van der Waals surface area contributed by atoms with E-state index >= 15 is 0 Å². The normalized spacial score (nSPS) is 15.2. The highest BCUT2D eigenvalue weighted by Crippen LogP contribution is 2.32. The first-order valence-corrected chi connectivity index (χ1v) is 9.45. The van der Waals surface area contributed by atoms with Gasteiger partial charge in [-0.2, -0.15) is 0 Å². The highest BCUT2D eigenvalue weighted by atomic mass is 19.1. The molecule has 0 atom stereocenters. The van der Waals surface area contributed by atoms with E-state index in [1.165, 1.54) is 24.3 Å². The number of piperazine rings is 1. The van der Waals surface area contributed by atoms with Crippen molar-refractivity contribution in [1.29, 1.82) is 0 Å². The van der Waals surface area contributed by atoms with Crippen LogP contribution in [0.4, 0.5) is 10.2 Å². The Bertz CT molecular complexity index is 963. The molecule has 146 valence electrons. The number of hydrogen-bond donors (Lipinski definition) is 1. The molecule has 2 heterocycles. The molecular weight excluding hydrogens is 361 g/mol. The predicted molar refractivity (Wildman–Crippen MR) is 104 cm³/mol. The van der Waals surface area contributed by atoms with Crippen LogP contribution in [0.1, 0.15) is 23.2 Å². The number of fused-ring (bicyclic) bond motifs is 1. The van der Waals surface area contributed by atoms with E-state index in [1.54, 1.807) is 12.1 Å². The first kappa shape index (κ1) is 18.4. The molecule has 1 aliphatic heterocycles. The van der Waals surface area contributed by atoms with Crippen LogP contribution in [0.25, 0.3) is 11.0 Å². The van der Waals surface area contributed by atoms with Gasteiger partial charge in [0.2, 0.25) is 5.58 Å². The summed E-state index contributed by atoms with van der Waals surface area (Å²) in [6.07, 6.45) is 1.23. The van der Waals surface area contributed by atoms with Crippen LogP contribution in [0.3, 0.4) is 0 Å².